The number of thioether (sulfide) groups is 1. The lowest BCUT2D eigenvalue weighted by Gasteiger charge is -2.11. The van der Waals surface area contributed by atoms with Gasteiger partial charge in [0.15, 0.2) is 0 Å². The summed E-state index contributed by atoms with van der Waals surface area (Å²) in [6.07, 6.45) is 3.02. The fourth-order valence-electron chi connectivity index (χ4n) is 1.94. The summed E-state index contributed by atoms with van der Waals surface area (Å²) in [5.74, 6) is 1.40. The van der Waals surface area contributed by atoms with Crippen LogP contribution >= 0.6 is 39.9 Å². The fraction of sp³-hybridized carbons (Fsp3) is 0.333. The van der Waals surface area contributed by atoms with E-state index in [1.54, 1.807) is 11.8 Å². The Labute approximate surface area is 137 Å². The van der Waals surface area contributed by atoms with Crippen molar-refractivity contribution in [3.05, 3.63) is 39.1 Å². The summed E-state index contributed by atoms with van der Waals surface area (Å²) in [5, 5.41) is 0. The standard InChI is InChI=1S/C15H17BrN2S2/c1-9(2)8-12-13(16)15(19)18-14(17-12)10-4-6-11(20-3)7-5-10/h4-7,9H,8H2,1-3H3,(H,17,18,19). The lowest BCUT2D eigenvalue weighted by atomic mass is 10.1. The van der Waals surface area contributed by atoms with Crippen molar-refractivity contribution in [1.29, 1.82) is 0 Å². The molecule has 0 spiro atoms. The van der Waals surface area contributed by atoms with Gasteiger partial charge in [-0.15, -0.1) is 11.8 Å². The van der Waals surface area contributed by atoms with Crippen LogP contribution in [0.15, 0.2) is 33.6 Å². The average Bonchev–Trinajstić information content (AvgIpc) is 2.43. The second-order valence-corrected chi connectivity index (χ2v) is 7.07. The van der Waals surface area contributed by atoms with E-state index in [2.05, 4.69) is 70.3 Å². The maximum Gasteiger partial charge on any atom is 0.144 e. The van der Waals surface area contributed by atoms with Crippen LogP contribution in [0.25, 0.3) is 11.4 Å². The summed E-state index contributed by atoms with van der Waals surface area (Å²) in [6, 6.07) is 8.35. The molecule has 5 heteroatoms. The molecule has 0 unspecified atom stereocenters. The molecule has 0 aliphatic heterocycles. The molecular weight excluding hydrogens is 352 g/mol. The van der Waals surface area contributed by atoms with E-state index in [4.69, 9.17) is 12.2 Å². The zero-order valence-corrected chi connectivity index (χ0v) is 15.0. The predicted octanol–water partition coefficient (Wildman–Crippen LogP) is 5.49. The molecule has 0 bridgehead atoms. The summed E-state index contributed by atoms with van der Waals surface area (Å²) in [7, 11) is 0. The van der Waals surface area contributed by atoms with Gasteiger partial charge in [-0.25, -0.2) is 4.98 Å². The van der Waals surface area contributed by atoms with Gasteiger partial charge in [0.05, 0.1) is 4.47 Å². The van der Waals surface area contributed by atoms with E-state index in [0.29, 0.717) is 10.6 Å². The minimum absolute atomic E-state index is 0.561. The molecule has 0 aliphatic rings. The third-order valence-corrected chi connectivity index (χ3v) is 5.07. The largest absolute Gasteiger partial charge is 0.342 e. The van der Waals surface area contributed by atoms with Crippen LogP contribution in [0.2, 0.25) is 0 Å². The van der Waals surface area contributed by atoms with Gasteiger partial charge in [0.2, 0.25) is 0 Å². The second-order valence-electron chi connectivity index (χ2n) is 5.01. The highest BCUT2D eigenvalue weighted by atomic mass is 79.9. The fourth-order valence-corrected chi connectivity index (χ4v) is 2.91. The van der Waals surface area contributed by atoms with Gasteiger partial charge in [-0.05, 0) is 46.7 Å². The highest BCUT2D eigenvalue weighted by Crippen LogP contribution is 2.24. The third-order valence-electron chi connectivity index (χ3n) is 2.91. The van der Waals surface area contributed by atoms with Crippen LogP contribution in [0.5, 0.6) is 0 Å². The minimum Gasteiger partial charge on any atom is -0.342 e. The van der Waals surface area contributed by atoms with E-state index >= 15 is 0 Å². The van der Waals surface area contributed by atoms with Gasteiger partial charge in [0.25, 0.3) is 0 Å². The van der Waals surface area contributed by atoms with Gasteiger partial charge in [-0.3, -0.25) is 0 Å². The topological polar surface area (TPSA) is 28.7 Å². The Morgan fingerprint density at radius 1 is 1.30 bits per heavy atom. The minimum atomic E-state index is 0.561. The monoisotopic (exact) mass is 368 g/mol. The van der Waals surface area contributed by atoms with Crippen molar-refractivity contribution in [2.45, 2.75) is 25.2 Å². The number of halogens is 1. The van der Waals surface area contributed by atoms with Crippen molar-refractivity contribution < 1.29 is 0 Å². The molecule has 2 aromatic rings. The lowest BCUT2D eigenvalue weighted by molar-refractivity contribution is 0.632. The number of hydrogen-bond acceptors (Lipinski definition) is 3. The van der Waals surface area contributed by atoms with Crippen LogP contribution in [0, 0.1) is 10.6 Å². The highest BCUT2D eigenvalue weighted by molar-refractivity contribution is 9.10. The SMILES string of the molecule is CSc1ccc(-c2nc(=S)c(Br)c(CC(C)C)[nH]2)cc1. The van der Waals surface area contributed by atoms with Crippen molar-refractivity contribution in [2.75, 3.05) is 6.26 Å². The van der Waals surface area contributed by atoms with Crippen LogP contribution in [0.3, 0.4) is 0 Å². The number of hydrogen-bond donors (Lipinski definition) is 1. The first-order chi connectivity index (χ1) is 9.51. The molecule has 0 amide bonds. The predicted molar refractivity (Wildman–Crippen MR) is 92.9 cm³/mol. The van der Waals surface area contributed by atoms with Crippen molar-refractivity contribution >= 4 is 39.9 Å². The van der Waals surface area contributed by atoms with Gasteiger partial charge in [-0.2, -0.15) is 0 Å². The number of nitrogens with one attached hydrogen (secondary N) is 1. The Morgan fingerprint density at radius 3 is 2.50 bits per heavy atom. The molecule has 2 nitrogen and oxygen atoms in total. The summed E-state index contributed by atoms with van der Waals surface area (Å²) < 4.78 is 1.52. The number of aromatic amines is 1. The van der Waals surface area contributed by atoms with Gasteiger partial charge >= 0.3 is 0 Å². The summed E-state index contributed by atoms with van der Waals surface area (Å²) in [6.45, 7) is 4.38. The Bertz CT molecular complexity index is 648. The van der Waals surface area contributed by atoms with Crippen molar-refractivity contribution in [2.24, 2.45) is 5.92 Å². The number of aromatic nitrogens is 2. The first-order valence-corrected chi connectivity index (χ1v) is 8.87. The molecule has 0 saturated carbocycles. The molecule has 0 fully saturated rings. The molecule has 1 N–H and O–H groups in total. The highest BCUT2D eigenvalue weighted by Gasteiger charge is 2.09. The molecule has 1 aromatic heterocycles. The van der Waals surface area contributed by atoms with Crippen LogP contribution < -0.4 is 0 Å². The van der Waals surface area contributed by atoms with Gasteiger partial charge in [0.1, 0.15) is 10.5 Å². The van der Waals surface area contributed by atoms with Crippen LogP contribution in [-0.4, -0.2) is 16.2 Å². The number of rotatable bonds is 4. The molecule has 0 atom stereocenters. The van der Waals surface area contributed by atoms with E-state index < -0.39 is 0 Å². The quantitative estimate of drug-likeness (QED) is 0.571. The van der Waals surface area contributed by atoms with Gasteiger partial charge in [-0.1, -0.05) is 38.2 Å². The summed E-state index contributed by atoms with van der Waals surface area (Å²) >= 11 is 10.6. The first kappa shape index (κ1) is 15.7. The zero-order chi connectivity index (χ0) is 14.7. The number of nitrogens with zero attached hydrogens (tertiary/aromatic N) is 1. The first-order valence-electron chi connectivity index (χ1n) is 6.44. The van der Waals surface area contributed by atoms with Crippen LogP contribution in [0.1, 0.15) is 19.5 Å². The molecule has 1 aromatic carbocycles. The van der Waals surface area contributed by atoms with E-state index in [1.807, 2.05) is 0 Å². The van der Waals surface area contributed by atoms with Crippen molar-refractivity contribution in [3.8, 4) is 11.4 Å². The summed E-state index contributed by atoms with van der Waals surface area (Å²) in [5.41, 5.74) is 2.18. The Hall–Kier alpha value is -0.650. The van der Waals surface area contributed by atoms with E-state index in [0.717, 1.165) is 28.0 Å². The molecule has 1 heterocycles. The van der Waals surface area contributed by atoms with E-state index in [9.17, 15) is 0 Å². The number of benzene rings is 1. The smallest absolute Gasteiger partial charge is 0.144 e. The Kier molecular flexibility index (Phi) is 5.41. The van der Waals surface area contributed by atoms with Crippen molar-refractivity contribution in [3.63, 3.8) is 0 Å². The molecule has 0 saturated heterocycles. The van der Waals surface area contributed by atoms with Gasteiger partial charge in [0, 0.05) is 16.2 Å². The molecule has 106 valence electrons. The number of H-pyrrole nitrogens is 1. The van der Waals surface area contributed by atoms with Crippen LogP contribution in [0.4, 0.5) is 0 Å². The second kappa shape index (κ2) is 6.87. The van der Waals surface area contributed by atoms with Crippen molar-refractivity contribution in [1.82, 2.24) is 9.97 Å². The summed E-state index contributed by atoms with van der Waals surface area (Å²) in [4.78, 5) is 9.12. The van der Waals surface area contributed by atoms with E-state index in [1.165, 1.54) is 4.90 Å². The van der Waals surface area contributed by atoms with Gasteiger partial charge < -0.3 is 4.98 Å². The molecule has 2 rings (SSSR count). The molecule has 20 heavy (non-hydrogen) atoms. The Morgan fingerprint density at radius 2 is 1.95 bits per heavy atom. The molecular formula is C15H17BrN2S2. The molecule has 0 aliphatic carbocycles. The maximum atomic E-state index is 5.35. The lowest BCUT2D eigenvalue weighted by Crippen LogP contribution is -2.02. The maximum absolute atomic E-state index is 5.35. The average molecular weight is 369 g/mol. The zero-order valence-electron chi connectivity index (χ0n) is 11.7. The molecule has 0 radical (unpaired) electrons. The third kappa shape index (κ3) is 3.71. The Balaban J connectivity index is 2.45. The van der Waals surface area contributed by atoms with E-state index in [-0.39, 0.29) is 0 Å². The normalized spacial score (nSPS) is 11.1. The van der Waals surface area contributed by atoms with Crippen LogP contribution in [-0.2, 0) is 6.42 Å².